The summed E-state index contributed by atoms with van der Waals surface area (Å²) in [6, 6.07) is 4.37. The summed E-state index contributed by atoms with van der Waals surface area (Å²) in [4.78, 5) is -0.00450. The van der Waals surface area contributed by atoms with Crippen molar-refractivity contribution in [1.29, 1.82) is 0 Å². The Morgan fingerprint density at radius 2 is 2.11 bits per heavy atom. The third-order valence-electron chi connectivity index (χ3n) is 2.30. The predicted octanol–water partition coefficient (Wildman–Crippen LogP) is -1.06. The van der Waals surface area contributed by atoms with Crippen LogP contribution in [0.5, 0.6) is 0 Å². The fourth-order valence-corrected chi connectivity index (χ4v) is 2.25. The molecular weight excluding hydrogens is 258 g/mol. The minimum absolute atomic E-state index is 0.00450. The highest BCUT2D eigenvalue weighted by Gasteiger charge is 2.17. The van der Waals surface area contributed by atoms with Crippen LogP contribution < -0.4 is 15.8 Å². The maximum absolute atomic E-state index is 11.8. The molecule has 0 saturated carbocycles. The lowest BCUT2D eigenvalue weighted by molar-refractivity contribution is 0.105. The van der Waals surface area contributed by atoms with Crippen molar-refractivity contribution in [2.45, 2.75) is 11.0 Å². The Hall–Kier alpha value is -1.35. The molecule has 1 unspecified atom stereocenters. The van der Waals surface area contributed by atoms with Gasteiger partial charge in [-0.25, -0.2) is 13.1 Å². The maximum Gasteiger partial charge on any atom is 0.242 e. The van der Waals surface area contributed by atoms with Crippen molar-refractivity contribution in [2.24, 2.45) is 0 Å². The van der Waals surface area contributed by atoms with Crippen LogP contribution in [0.4, 0.5) is 11.4 Å². The van der Waals surface area contributed by atoms with Crippen LogP contribution in [0, 0.1) is 0 Å². The maximum atomic E-state index is 11.8. The van der Waals surface area contributed by atoms with Gasteiger partial charge in [-0.1, -0.05) is 0 Å². The van der Waals surface area contributed by atoms with Crippen LogP contribution in [0.2, 0.25) is 0 Å². The molecule has 0 aliphatic carbocycles. The zero-order chi connectivity index (χ0) is 13.8. The largest absolute Gasteiger partial charge is 0.399 e. The molecule has 0 heterocycles. The smallest absolute Gasteiger partial charge is 0.242 e. The van der Waals surface area contributed by atoms with Crippen molar-refractivity contribution >= 4 is 21.4 Å². The van der Waals surface area contributed by atoms with Gasteiger partial charge in [0.25, 0.3) is 0 Å². The summed E-state index contributed by atoms with van der Waals surface area (Å²) >= 11 is 0. The molecule has 0 spiro atoms. The van der Waals surface area contributed by atoms with E-state index in [-0.39, 0.29) is 11.4 Å². The first kappa shape index (κ1) is 14.7. The molecule has 1 rings (SSSR count). The Morgan fingerprint density at radius 1 is 1.44 bits per heavy atom. The van der Waals surface area contributed by atoms with Gasteiger partial charge in [0, 0.05) is 12.2 Å². The molecule has 1 aromatic rings. The second-order valence-corrected chi connectivity index (χ2v) is 5.54. The Balaban J connectivity index is 3.05. The number of sulfonamides is 1. The van der Waals surface area contributed by atoms with E-state index in [4.69, 9.17) is 10.8 Å². The first-order valence-electron chi connectivity index (χ1n) is 5.26. The van der Waals surface area contributed by atoms with Crippen molar-refractivity contribution in [2.75, 3.05) is 31.2 Å². The average molecular weight is 275 g/mol. The number of nitrogens with one attached hydrogen (secondary N) is 2. The van der Waals surface area contributed by atoms with Crippen LogP contribution in [0.25, 0.3) is 0 Å². The molecule has 0 aromatic heterocycles. The highest BCUT2D eigenvalue weighted by molar-refractivity contribution is 7.89. The number of aliphatic hydroxyl groups is 2. The van der Waals surface area contributed by atoms with Gasteiger partial charge in [0.1, 0.15) is 4.90 Å². The SMILES string of the molecule is CNS(=O)(=O)c1cc(N)ccc1NCC(O)CO. The van der Waals surface area contributed by atoms with Gasteiger partial charge in [0.2, 0.25) is 10.0 Å². The van der Waals surface area contributed by atoms with Crippen LogP contribution in [-0.4, -0.2) is 44.9 Å². The topological polar surface area (TPSA) is 125 Å². The lowest BCUT2D eigenvalue weighted by atomic mass is 10.2. The minimum Gasteiger partial charge on any atom is -0.399 e. The summed E-state index contributed by atoms with van der Waals surface area (Å²) in [5, 5.41) is 20.7. The van der Waals surface area contributed by atoms with E-state index in [1.165, 1.54) is 19.2 Å². The molecule has 0 radical (unpaired) electrons. The molecule has 6 N–H and O–H groups in total. The molecule has 0 aliphatic heterocycles. The Kier molecular flexibility index (Phi) is 4.91. The fraction of sp³-hybridized carbons (Fsp3) is 0.400. The standard InChI is InChI=1S/C10H17N3O4S/c1-12-18(16,17)10-4-7(11)2-3-9(10)13-5-8(15)6-14/h2-4,8,12-15H,5-6,11H2,1H3. The molecule has 7 nitrogen and oxygen atoms in total. The van der Waals surface area contributed by atoms with Crippen LogP contribution in [0.3, 0.4) is 0 Å². The van der Waals surface area contributed by atoms with Crippen molar-refractivity contribution in [1.82, 2.24) is 4.72 Å². The third kappa shape index (κ3) is 3.57. The summed E-state index contributed by atoms with van der Waals surface area (Å²) in [5.41, 5.74) is 6.18. The number of nitrogen functional groups attached to an aromatic ring is 1. The molecule has 1 atom stereocenters. The fourth-order valence-electron chi connectivity index (χ4n) is 1.31. The highest BCUT2D eigenvalue weighted by Crippen LogP contribution is 2.23. The quantitative estimate of drug-likeness (QED) is 0.422. The van der Waals surface area contributed by atoms with Crippen LogP contribution in [0.15, 0.2) is 23.1 Å². The number of aliphatic hydroxyl groups excluding tert-OH is 2. The normalized spacial score (nSPS) is 13.3. The molecule has 102 valence electrons. The molecular formula is C10H17N3O4S. The second kappa shape index (κ2) is 6.01. The van der Waals surface area contributed by atoms with Crippen molar-refractivity contribution in [3.8, 4) is 0 Å². The van der Waals surface area contributed by atoms with E-state index < -0.39 is 22.7 Å². The van der Waals surface area contributed by atoms with Gasteiger partial charge in [0.15, 0.2) is 0 Å². The van der Waals surface area contributed by atoms with E-state index in [0.29, 0.717) is 11.4 Å². The molecule has 0 bridgehead atoms. The van der Waals surface area contributed by atoms with E-state index >= 15 is 0 Å². The zero-order valence-corrected chi connectivity index (χ0v) is 10.7. The van der Waals surface area contributed by atoms with E-state index in [1.807, 2.05) is 0 Å². The predicted molar refractivity (Wildman–Crippen MR) is 68.7 cm³/mol. The number of hydrogen-bond donors (Lipinski definition) is 5. The number of nitrogens with two attached hydrogens (primary N) is 1. The molecule has 18 heavy (non-hydrogen) atoms. The van der Waals surface area contributed by atoms with Gasteiger partial charge in [-0.15, -0.1) is 0 Å². The Labute approximate surface area is 106 Å². The Morgan fingerprint density at radius 3 is 2.67 bits per heavy atom. The molecule has 0 saturated heterocycles. The monoisotopic (exact) mass is 275 g/mol. The first-order valence-corrected chi connectivity index (χ1v) is 6.75. The summed E-state index contributed by atoms with van der Waals surface area (Å²) in [5.74, 6) is 0. The highest BCUT2D eigenvalue weighted by atomic mass is 32.2. The van der Waals surface area contributed by atoms with Crippen molar-refractivity contribution in [3.63, 3.8) is 0 Å². The van der Waals surface area contributed by atoms with E-state index in [0.717, 1.165) is 0 Å². The van der Waals surface area contributed by atoms with Gasteiger partial charge >= 0.3 is 0 Å². The number of hydrogen-bond acceptors (Lipinski definition) is 6. The molecule has 8 heteroatoms. The van der Waals surface area contributed by atoms with E-state index in [1.54, 1.807) is 6.07 Å². The lowest BCUT2D eigenvalue weighted by Gasteiger charge is -2.14. The van der Waals surface area contributed by atoms with E-state index in [2.05, 4.69) is 10.0 Å². The van der Waals surface area contributed by atoms with Crippen molar-refractivity contribution < 1.29 is 18.6 Å². The van der Waals surface area contributed by atoms with Gasteiger partial charge in [-0.3, -0.25) is 0 Å². The van der Waals surface area contributed by atoms with Gasteiger partial charge in [0.05, 0.1) is 18.4 Å². The zero-order valence-electron chi connectivity index (χ0n) is 9.92. The third-order valence-corrected chi connectivity index (χ3v) is 3.76. The number of anilines is 2. The van der Waals surface area contributed by atoms with Gasteiger partial charge < -0.3 is 21.3 Å². The summed E-state index contributed by atoms with van der Waals surface area (Å²) < 4.78 is 25.7. The van der Waals surface area contributed by atoms with Crippen LogP contribution in [-0.2, 0) is 10.0 Å². The Bertz CT molecular complexity index is 504. The van der Waals surface area contributed by atoms with Crippen LogP contribution in [0.1, 0.15) is 0 Å². The second-order valence-electron chi connectivity index (χ2n) is 3.68. The molecule has 0 amide bonds. The number of benzene rings is 1. The van der Waals surface area contributed by atoms with Crippen LogP contribution >= 0.6 is 0 Å². The molecule has 0 fully saturated rings. The van der Waals surface area contributed by atoms with E-state index in [9.17, 15) is 13.5 Å². The molecule has 0 aliphatic rings. The minimum atomic E-state index is -3.64. The lowest BCUT2D eigenvalue weighted by Crippen LogP contribution is -2.25. The van der Waals surface area contributed by atoms with Crippen molar-refractivity contribution in [3.05, 3.63) is 18.2 Å². The summed E-state index contributed by atoms with van der Waals surface area (Å²) in [6.45, 7) is -0.372. The van der Waals surface area contributed by atoms with Gasteiger partial charge in [-0.05, 0) is 25.2 Å². The summed E-state index contributed by atoms with van der Waals surface area (Å²) in [6.07, 6.45) is -0.965. The molecule has 1 aromatic carbocycles. The average Bonchev–Trinajstić information content (AvgIpc) is 2.36. The summed E-state index contributed by atoms with van der Waals surface area (Å²) in [7, 11) is -2.35. The first-order chi connectivity index (χ1) is 8.40. The number of rotatable bonds is 6. The van der Waals surface area contributed by atoms with Gasteiger partial charge in [-0.2, -0.15) is 0 Å².